The zero-order valence-corrected chi connectivity index (χ0v) is 16.7. The van der Waals surface area contributed by atoms with E-state index in [1.807, 2.05) is 58.5 Å². The third-order valence-electron chi connectivity index (χ3n) is 5.85. The van der Waals surface area contributed by atoms with Gasteiger partial charge in [0.25, 0.3) is 17.6 Å². The molecule has 2 aliphatic rings. The molecule has 3 heterocycles. The summed E-state index contributed by atoms with van der Waals surface area (Å²) in [7, 11) is 0. The van der Waals surface area contributed by atoms with E-state index >= 15 is 0 Å². The van der Waals surface area contributed by atoms with E-state index in [0.29, 0.717) is 19.6 Å². The van der Waals surface area contributed by atoms with Gasteiger partial charge < -0.3 is 14.7 Å². The summed E-state index contributed by atoms with van der Waals surface area (Å²) in [6.07, 6.45) is 1.93. The van der Waals surface area contributed by atoms with Gasteiger partial charge in [-0.2, -0.15) is 0 Å². The van der Waals surface area contributed by atoms with Crippen molar-refractivity contribution in [3.63, 3.8) is 0 Å². The standard InChI is InChI=1S/C22H27N5O2/c28-21(26-16-14-25(15-17-26)20-8-4-5-9-23-20)18-24-10-12-27(13-11-24)22(29)19-6-2-1-3-7-19/h1-9H,10-18H2/p+2. The number of rotatable bonds is 4. The van der Waals surface area contributed by atoms with E-state index in [1.165, 1.54) is 4.90 Å². The minimum absolute atomic E-state index is 0.0878. The predicted octanol–water partition coefficient (Wildman–Crippen LogP) is -0.810. The van der Waals surface area contributed by atoms with Gasteiger partial charge in [-0.1, -0.05) is 24.3 Å². The number of hydrogen-bond donors (Lipinski definition) is 1. The topological polar surface area (TPSA) is 62.4 Å². The van der Waals surface area contributed by atoms with Crippen molar-refractivity contribution in [2.75, 3.05) is 63.8 Å². The number of aromatic nitrogens is 1. The van der Waals surface area contributed by atoms with Crippen molar-refractivity contribution < 1.29 is 19.5 Å². The lowest BCUT2D eigenvalue weighted by Crippen LogP contribution is -3.15. The smallest absolute Gasteiger partial charge is 0.278 e. The van der Waals surface area contributed by atoms with Gasteiger partial charge in [0.05, 0.1) is 45.5 Å². The molecule has 1 aromatic carbocycles. The lowest BCUT2D eigenvalue weighted by molar-refractivity contribution is -0.896. The lowest BCUT2D eigenvalue weighted by Gasteiger charge is -2.34. The molecule has 0 aliphatic carbocycles. The Morgan fingerprint density at radius 1 is 0.828 bits per heavy atom. The van der Waals surface area contributed by atoms with Crippen LogP contribution in [0.1, 0.15) is 10.4 Å². The number of carbonyl (C=O) groups is 2. The van der Waals surface area contributed by atoms with Gasteiger partial charge in [0.1, 0.15) is 13.1 Å². The highest BCUT2D eigenvalue weighted by molar-refractivity contribution is 5.94. The SMILES string of the molecule is O=C(C[NH+]1CCN(C(=O)c2ccccc2)CC1)N1CCN(c2cccc[nH+]2)CC1. The van der Waals surface area contributed by atoms with E-state index in [-0.39, 0.29) is 11.8 Å². The summed E-state index contributed by atoms with van der Waals surface area (Å²) in [5.74, 6) is 1.41. The van der Waals surface area contributed by atoms with E-state index in [4.69, 9.17) is 0 Å². The first-order valence-electron chi connectivity index (χ1n) is 10.4. The van der Waals surface area contributed by atoms with E-state index < -0.39 is 0 Å². The summed E-state index contributed by atoms with van der Waals surface area (Å²) in [6.45, 7) is 6.78. The van der Waals surface area contributed by atoms with Crippen molar-refractivity contribution in [2.24, 2.45) is 0 Å². The largest absolute Gasteiger partial charge is 0.330 e. The van der Waals surface area contributed by atoms with Crippen LogP contribution in [0.5, 0.6) is 0 Å². The summed E-state index contributed by atoms with van der Waals surface area (Å²) >= 11 is 0. The normalized spacial score (nSPS) is 18.0. The first kappa shape index (κ1) is 19.4. The van der Waals surface area contributed by atoms with Crippen molar-refractivity contribution in [3.05, 3.63) is 60.3 Å². The van der Waals surface area contributed by atoms with Crippen LogP contribution >= 0.6 is 0 Å². The number of anilines is 1. The molecule has 2 fully saturated rings. The zero-order chi connectivity index (χ0) is 20.1. The minimum atomic E-state index is 0.0878. The van der Waals surface area contributed by atoms with Crippen molar-refractivity contribution in [3.8, 4) is 0 Å². The fraction of sp³-hybridized carbons (Fsp3) is 0.409. The van der Waals surface area contributed by atoms with Crippen molar-refractivity contribution in [1.82, 2.24) is 9.80 Å². The number of nitrogens with one attached hydrogen (secondary N) is 2. The maximum Gasteiger partial charge on any atom is 0.278 e. The summed E-state index contributed by atoms with van der Waals surface area (Å²) in [4.78, 5) is 36.0. The van der Waals surface area contributed by atoms with Gasteiger partial charge in [0, 0.05) is 11.6 Å². The van der Waals surface area contributed by atoms with Gasteiger partial charge in [-0.3, -0.25) is 14.5 Å². The average Bonchev–Trinajstić information content (AvgIpc) is 2.80. The number of H-pyrrole nitrogens is 1. The Kier molecular flexibility index (Phi) is 6.05. The number of amides is 2. The molecule has 2 N–H and O–H groups in total. The molecule has 1 aromatic heterocycles. The zero-order valence-electron chi connectivity index (χ0n) is 16.7. The van der Waals surface area contributed by atoms with Crippen LogP contribution in [0, 0.1) is 0 Å². The molecular formula is C22H29N5O2+2. The van der Waals surface area contributed by atoms with Crippen LogP contribution in [0.2, 0.25) is 0 Å². The van der Waals surface area contributed by atoms with Gasteiger partial charge >= 0.3 is 0 Å². The van der Waals surface area contributed by atoms with Crippen LogP contribution in [0.4, 0.5) is 5.82 Å². The molecule has 0 atom stereocenters. The molecule has 4 rings (SSSR count). The predicted molar refractivity (Wildman–Crippen MR) is 110 cm³/mol. The van der Waals surface area contributed by atoms with Crippen molar-refractivity contribution in [2.45, 2.75) is 0 Å². The van der Waals surface area contributed by atoms with Crippen LogP contribution in [-0.4, -0.2) is 80.5 Å². The second-order valence-electron chi connectivity index (χ2n) is 7.70. The first-order chi connectivity index (χ1) is 14.2. The Balaban J connectivity index is 1.22. The second kappa shape index (κ2) is 9.05. The van der Waals surface area contributed by atoms with Gasteiger partial charge in [0.2, 0.25) is 0 Å². The van der Waals surface area contributed by atoms with E-state index in [2.05, 4.69) is 16.0 Å². The number of hydrogen-bond acceptors (Lipinski definition) is 3. The third-order valence-corrected chi connectivity index (χ3v) is 5.85. The fourth-order valence-electron chi connectivity index (χ4n) is 4.07. The monoisotopic (exact) mass is 395 g/mol. The molecule has 2 amide bonds. The lowest BCUT2D eigenvalue weighted by atomic mass is 10.2. The molecule has 0 radical (unpaired) electrons. The quantitative estimate of drug-likeness (QED) is 0.737. The number of benzene rings is 1. The molecule has 29 heavy (non-hydrogen) atoms. The number of carbonyl (C=O) groups excluding carboxylic acids is 2. The molecule has 0 saturated carbocycles. The highest BCUT2D eigenvalue weighted by Gasteiger charge is 2.30. The van der Waals surface area contributed by atoms with Crippen LogP contribution < -0.4 is 14.8 Å². The Bertz CT molecular complexity index is 814. The fourth-order valence-corrected chi connectivity index (χ4v) is 4.07. The molecule has 2 aromatic rings. The summed E-state index contributed by atoms with van der Waals surface area (Å²) in [5, 5.41) is 0. The molecular weight excluding hydrogens is 366 g/mol. The summed E-state index contributed by atoms with van der Waals surface area (Å²) in [6, 6.07) is 15.5. The number of piperazine rings is 2. The molecule has 0 unspecified atom stereocenters. The van der Waals surface area contributed by atoms with Gasteiger partial charge in [0.15, 0.2) is 6.54 Å². The number of pyridine rings is 1. The number of nitrogens with zero attached hydrogens (tertiary/aromatic N) is 3. The molecule has 2 aliphatic heterocycles. The minimum Gasteiger partial charge on any atom is -0.330 e. The van der Waals surface area contributed by atoms with Crippen LogP contribution in [0.3, 0.4) is 0 Å². The van der Waals surface area contributed by atoms with Crippen LogP contribution in [-0.2, 0) is 4.79 Å². The van der Waals surface area contributed by atoms with Crippen molar-refractivity contribution >= 4 is 17.6 Å². The maximum absolute atomic E-state index is 12.7. The number of quaternary nitrogens is 1. The van der Waals surface area contributed by atoms with Crippen LogP contribution in [0.25, 0.3) is 0 Å². The maximum atomic E-state index is 12.7. The second-order valence-corrected chi connectivity index (χ2v) is 7.70. The van der Waals surface area contributed by atoms with Gasteiger partial charge in [-0.15, -0.1) is 0 Å². The molecule has 2 saturated heterocycles. The van der Waals surface area contributed by atoms with Crippen molar-refractivity contribution in [1.29, 1.82) is 0 Å². The highest BCUT2D eigenvalue weighted by atomic mass is 16.2. The molecule has 152 valence electrons. The first-order valence-corrected chi connectivity index (χ1v) is 10.4. The average molecular weight is 396 g/mol. The van der Waals surface area contributed by atoms with E-state index in [1.54, 1.807) is 0 Å². The number of aromatic amines is 1. The van der Waals surface area contributed by atoms with E-state index in [9.17, 15) is 9.59 Å². The molecule has 0 spiro atoms. The Morgan fingerprint density at radius 3 is 2.17 bits per heavy atom. The Labute approximate surface area is 171 Å². The molecule has 7 nitrogen and oxygen atoms in total. The van der Waals surface area contributed by atoms with Gasteiger partial charge in [-0.05, 0) is 18.2 Å². The Morgan fingerprint density at radius 2 is 1.52 bits per heavy atom. The summed E-state index contributed by atoms with van der Waals surface area (Å²) < 4.78 is 0. The third kappa shape index (κ3) is 4.74. The van der Waals surface area contributed by atoms with E-state index in [0.717, 1.165) is 50.6 Å². The van der Waals surface area contributed by atoms with Crippen LogP contribution in [0.15, 0.2) is 54.7 Å². The highest BCUT2D eigenvalue weighted by Crippen LogP contribution is 2.10. The molecule has 0 bridgehead atoms. The van der Waals surface area contributed by atoms with Gasteiger partial charge in [-0.25, -0.2) is 4.98 Å². The summed E-state index contributed by atoms with van der Waals surface area (Å²) in [5.41, 5.74) is 0.737. The molecule has 7 heteroatoms. The Hall–Kier alpha value is -2.93.